The van der Waals surface area contributed by atoms with Crippen molar-refractivity contribution >= 4 is 10.8 Å². The van der Waals surface area contributed by atoms with Gasteiger partial charge in [-0.05, 0) is 43.6 Å². The molecule has 3 heteroatoms. The van der Waals surface area contributed by atoms with Crippen molar-refractivity contribution in [1.82, 2.24) is 5.32 Å². The van der Waals surface area contributed by atoms with Gasteiger partial charge in [0.05, 0.1) is 5.25 Å². The van der Waals surface area contributed by atoms with Gasteiger partial charge in [0.25, 0.3) is 0 Å². The van der Waals surface area contributed by atoms with E-state index in [1.807, 2.05) is 7.05 Å². The van der Waals surface area contributed by atoms with Crippen LogP contribution in [-0.4, -0.2) is 28.3 Å². The second kappa shape index (κ2) is 6.51. The lowest BCUT2D eigenvalue weighted by Crippen LogP contribution is -2.47. The summed E-state index contributed by atoms with van der Waals surface area (Å²) in [6, 6.07) is 0.447. The third kappa shape index (κ3) is 4.34. The lowest BCUT2D eigenvalue weighted by Gasteiger charge is -2.41. The van der Waals surface area contributed by atoms with Crippen LogP contribution in [0.4, 0.5) is 0 Å². The monoisotopic (exact) mass is 273 g/mol. The summed E-state index contributed by atoms with van der Waals surface area (Å²) in [5.74, 6) is 2.08. The molecule has 0 aromatic carbocycles. The van der Waals surface area contributed by atoms with E-state index in [1.165, 1.54) is 12.8 Å². The van der Waals surface area contributed by atoms with E-state index < -0.39 is 10.8 Å². The van der Waals surface area contributed by atoms with Gasteiger partial charge in [-0.25, -0.2) is 0 Å². The Bertz CT molecular complexity index is 283. The Labute approximate surface area is 116 Å². The van der Waals surface area contributed by atoms with Crippen LogP contribution in [0.15, 0.2) is 0 Å². The Morgan fingerprint density at radius 3 is 2.33 bits per heavy atom. The molecule has 0 spiro atoms. The molecule has 0 aromatic rings. The minimum Gasteiger partial charge on any atom is -0.316 e. The van der Waals surface area contributed by atoms with Crippen molar-refractivity contribution in [2.45, 2.75) is 65.2 Å². The van der Waals surface area contributed by atoms with Crippen molar-refractivity contribution in [3.8, 4) is 0 Å². The molecular weight excluding hydrogens is 242 g/mol. The molecule has 1 saturated carbocycles. The molecule has 0 bridgehead atoms. The second-order valence-electron chi connectivity index (χ2n) is 7.25. The van der Waals surface area contributed by atoms with Gasteiger partial charge in [-0.3, -0.25) is 4.21 Å². The first-order chi connectivity index (χ1) is 8.25. The number of hydrogen-bond donors (Lipinski definition) is 1. The average molecular weight is 273 g/mol. The highest BCUT2D eigenvalue weighted by molar-refractivity contribution is 7.85. The van der Waals surface area contributed by atoms with Crippen molar-refractivity contribution in [3.05, 3.63) is 0 Å². The summed E-state index contributed by atoms with van der Waals surface area (Å²) in [6.07, 6.45) is 3.56. The quantitative estimate of drug-likeness (QED) is 0.852. The summed E-state index contributed by atoms with van der Waals surface area (Å²) < 4.78 is 12.5. The normalized spacial score (nSPS) is 31.6. The van der Waals surface area contributed by atoms with Gasteiger partial charge in [0.1, 0.15) is 0 Å². The van der Waals surface area contributed by atoms with Crippen molar-refractivity contribution in [1.29, 1.82) is 0 Å². The Morgan fingerprint density at radius 1 is 1.28 bits per heavy atom. The smallest absolute Gasteiger partial charge is 0.0504 e. The number of nitrogens with one attached hydrogen (secondary N) is 1. The summed E-state index contributed by atoms with van der Waals surface area (Å²) in [6.45, 7) is 11.3. The number of hydrogen-bond acceptors (Lipinski definition) is 2. The van der Waals surface area contributed by atoms with Crippen LogP contribution >= 0.6 is 0 Å². The second-order valence-corrected chi connectivity index (χ2v) is 8.95. The number of rotatable bonds is 4. The van der Waals surface area contributed by atoms with Gasteiger partial charge in [-0.1, -0.05) is 34.6 Å². The molecular formula is C15H31NOS. The molecule has 1 rings (SSSR count). The van der Waals surface area contributed by atoms with Crippen LogP contribution < -0.4 is 5.32 Å². The first kappa shape index (κ1) is 16.2. The largest absolute Gasteiger partial charge is 0.316 e. The zero-order chi connectivity index (χ0) is 13.9. The van der Waals surface area contributed by atoms with Gasteiger partial charge < -0.3 is 5.32 Å². The predicted molar refractivity (Wildman–Crippen MR) is 81.3 cm³/mol. The fourth-order valence-electron chi connectivity index (χ4n) is 2.99. The minimum atomic E-state index is -0.685. The van der Waals surface area contributed by atoms with E-state index >= 15 is 0 Å². The van der Waals surface area contributed by atoms with E-state index in [0.29, 0.717) is 28.5 Å². The topological polar surface area (TPSA) is 29.1 Å². The Hall–Kier alpha value is 0.110. The predicted octanol–water partition coefficient (Wildman–Crippen LogP) is 3.19. The van der Waals surface area contributed by atoms with Gasteiger partial charge in [0.2, 0.25) is 0 Å². The third-order valence-corrected chi connectivity index (χ3v) is 6.41. The summed E-state index contributed by atoms with van der Waals surface area (Å²) in [7, 11) is 1.33. The van der Waals surface area contributed by atoms with Crippen molar-refractivity contribution in [2.75, 3.05) is 12.8 Å². The molecule has 1 aliphatic rings. The molecule has 4 unspecified atom stereocenters. The Balaban J connectivity index is 2.73. The highest BCUT2D eigenvalue weighted by Gasteiger charge is 2.37. The van der Waals surface area contributed by atoms with Crippen LogP contribution in [0.5, 0.6) is 0 Å². The van der Waals surface area contributed by atoms with Gasteiger partial charge in [-0.15, -0.1) is 0 Å². The first-order valence-electron chi connectivity index (χ1n) is 7.30. The molecule has 1 aliphatic carbocycles. The Morgan fingerprint density at radius 2 is 1.89 bits per heavy atom. The van der Waals surface area contributed by atoms with Crippen molar-refractivity contribution in [3.63, 3.8) is 0 Å². The van der Waals surface area contributed by atoms with E-state index in [0.717, 1.165) is 12.2 Å². The fraction of sp³-hybridized carbons (Fsp3) is 1.00. The van der Waals surface area contributed by atoms with Gasteiger partial charge in [-0.2, -0.15) is 0 Å². The van der Waals surface area contributed by atoms with Crippen LogP contribution in [0.2, 0.25) is 0 Å². The van der Waals surface area contributed by atoms with E-state index in [9.17, 15) is 4.21 Å². The minimum absolute atomic E-state index is 0.343. The van der Waals surface area contributed by atoms with Crippen LogP contribution in [-0.2, 0) is 10.8 Å². The zero-order valence-electron chi connectivity index (χ0n) is 13.0. The molecule has 0 saturated heterocycles. The van der Waals surface area contributed by atoms with Crippen LogP contribution in [0, 0.1) is 17.3 Å². The summed E-state index contributed by atoms with van der Waals surface area (Å²) in [5.41, 5.74) is 0.346. The van der Waals surface area contributed by atoms with Gasteiger partial charge >= 0.3 is 0 Å². The maximum absolute atomic E-state index is 12.5. The third-order valence-electron chi connectivity index (χ3n) is 4.22. The molecule has 4 atom stereocenters. The maximum Gasteiger partial charge on any atom is 0.0504 e. The van der Waals surface area contributed by atoms with Crippen LogP contribution in [0.3, 0.4) is 0 Å². The molecule has 0 aromatic heterocycles. The highest BCUT2D eigenvalue weighted by atomic mass is 32.2. The molecule has 0 aliphatic heterocycles. The molecule has 18 heavy (non-hydrogen) atoms. The summed E-state index contributed by atoms with van der Waals surface area (Å²) >= 11 is 0. The van der Waals surface area contributed by atoms with E-state index in [2.05, 4.69) is 39.9 Å². The molecule has 0 amide bonds. The van der Waals surface area contributed by atoms with Crippen molar-refractivity contribution < 1.29 is 4.21 Å². The summed E-state index contributed by atoms with van der Waals surface area (Å²) in [4.78, 5) is 0. The Kier molecular flexibility index (Phi) is 5.85. The van der Waals surface area contributed by atoms with Gasteiger partial charge in [0.15, 0.2) is 0 Å². The van der Waals surface area contributed by atoms with Gasteiger partial charge in [0, 0.05) is 22.6 Å². The van der Waals surface area contributed by atoms with E-state index in [1.54, 1.807) is 0 Å². The van der Waals surface area contributed by atoms with E-state index in [-0.39, 0.29) is 0 Å². The molecule has 1 N–H and O–H groups in total. The highest BCUT2D eigenvalue weighted by Crippen LogP contribution is 2.39. The lowest BCUT2D eigenvalue weighted by molar-refractivity contribution is 0.166. The van der Waals surface area contributed by atoms with Crippen LogP contribution in [0.1, 0.15) is 53.9 Å². The molecule has 0 radical (unpaired) electrons. The first-order valence-corrected chi connectivity index (χ1v) is 8.68. The maximum atomic E-state index is 12.5. The molecule has 0 heterocycles. The van der Waals surface area contributed by atoms with Crippen LogP contribution in [0.25, 0.3) is 0 Å². The van der Waals surface area contributed by atoms with E-state index in [4.69, 9.17) is 0 Å². The molecule has 1 fully saturated rings. The summed E-state index contributed by atoms with van der Waals surface area (Å²) in [5, 5.41) is 3.73. The lowest BCUT2D eigenvalue weighted by atomic mass is 9.71. The SMILES string of the molecule is CNC1CCC(C(C)(C)C)CC1S(=O)CC(C)C. The fourth-order valence-corrected chi connectivity index (χ4v) is 4.98. The average Bonchev–Trinajstić information content (AvgIpc) is 2.26. The molecule has 108 valence electrons. The van der Waals surface area contributed by atoms with Crippen molar-refractivity contribution in [2.24, 2.45) is 17.3 Å². The standard InChI is InChI=1S/C15H31NOS/c1-11(2)10-18(17)14-9-12(15(3,4)5)7-8-13(14)16-6/h11-14,16H,7-10H2,1-6H3. The molecule has 2 nitrogen and oxygen atoms in total. The zero-order valence-corrected chi connectivity index (χ0v) is 13.8.